The monoisotopic (exact) mass is 658 g/mol. The van der Waals surface area contributed by atoms with E-state index in [2.05, 4.69) is 187 Å². The van der Waals surface area contributed by atoms with E-state index in [9.17, 15) is 0 Å². The number of para-hydroxylation sites is 2. The van der Waals surface area contributed by atoms with Gasteiger partial charge in [-0.2, -0.15) is 0 Å². The van der Waals surface area contributed by atoms with E-state index in [0.717, 1.165) is 16.9 Å². The second kappa shape index (κ2) is 10.2. The van der Waals surface area contributed by atoms with Crippen LogP contribution in [0.25, 0.3) is 82.7 Å². The molecule has 0 amide bonds. The van der Waals surface area contributed by atoms with Crippen molar-refractivity contribution in [1.29, 1.82) is 0 Å². The standard InChI is InChI=1S/C50H30N2/c1-2-14-31(15-3-1)49-51-45-26-13-25-44-48(45)52(49)46-27-11-10-23-42(46)50(44)41-22-9-8-20-39(41)47-33(21-12-24-43(47)50)32-28-29-38-36-18-5-4-16-34(36)35-17-6-7-19-37(35)40(38)30-32/h1-30H. The Morgan fingerprint density at radius 2 is 0.962 bits per heavy atom. The largest absolute Gasteiger partial charge is 0.292 e. The molecule has 12 rings (SSSR count). The molecular formula is C50H30N2. The molecule has 52 heavy (non-hydrogen) atoms. The molecule has 0 fully saturated rings. The summed E-state index contributed by atoms with van der Waals surface area (Å²) in [4.78, 5) is 5.32. The van der Waals surface area contributed by atoms with Crippen LogP contribution >= 0.6 is 0 Å². The van der Waals surface area contributed by atoms with Crippen LogP contribution in [0.15, 0.2) is 182 Å². The zero-order valence-corrected chi connectivity index (χ0v) is 28.2. The van der Waals surface area contributed by atoms with Gasteiger partial charge in [-0.1, -0.05) is 164 Å². The van der Waals surface area contributed by atoms with Crippen molar-refractivity contribution in [2.75, 3.05) is 0 Å². The molecule has 10 aromatic rings. The molecule has 0 N–H and O–H groups in total. The van der Waals surface area contributed by atoms with E-state index in [1.807, 2.05) is 0 Å². The fourth-order valence-electron chi connectivity index (χ4n) is 9.80. The van der Waals surface area contributed by atoms with Gasteiger partial charge in [0.25, 0.3) is 0 Å². The smallest absolute Gasteiger partial charge is 0.145 e. The topological polar surface area (TPSA) is 17.8 Å². The SMILES string of the molecule is c1ccc(-c2nc3cccc4c3n2-c2ccccc2C42c3ccccc3-c3c(-c4ccc5c6ccccc6c6ccccc6c5c4)cccc32)cc1. The second-order valence-electron chi connectivity index (χ2n) is 14.2. The van der Waals surface area contributed by atoms with Crippen LogP contribution in [0.5, 0.6) is 0 Å². The Labute approximate surface area is 300 Å². The molecule has 1 aromatic heterocycles. The average Bonchev–Trinajstić information content (AvgIpc) is 3.76. The summed E-state index contributed by atoms with van der Waals surface area (Å²) in [5.74, 6) is 0.974. The highest BCUT2D eigenvalue weighted by Gasteiger charge is 2.51. The van der Waals surface area contributed by atoms with Crippen molar-refractivity contribution in [2.45, 2.75) is 5.41 Å². The number of rotatable bonds is 2. The first-order valence-corrected chi connectivity index (χ1v) is 18.1. The van der Waals surface area contributed by atoms with E-state index in [1.165, 1.54) is 88.0 Å². The van der Waals surface area contributed by atoms with E-state index in [-0.39, 0.29) is 0 Å². The summed E-state index contributed by atoms with van der Waals surface area (Å²) in [5, 5.41) is 7.76. The van der Waals surface area contributed by atoms with Crippen LogP contribution in [0.2, 0.25) is 0 Å². The fraction of sp³-hybridized carbons (Fsp3) is 0.0200. The number of hydrogen-bond donors (Lipinski definition) is 0. The molecule has 2 nitrogen and oxygen atoms in total. The van der Waals surface area contributed by atoms with Crippen LogP contribution in [0, 0.1) is 0 Å². The lowest BCUT2D eigenvalue weighted by Gasteiger charge is -2.39. The van der Waals surface area contributed by atoms with Crippen LogP contribution in [0.4, 0.5) is 0 Å². The molecule has 2 heterocycles. The molecule has 0 bridgehead atoms. The summed E-state index contributed by atoms with van der Waals surface area (Å²) >= 11 is 0. The summed E-state index contributed by atoms with van der Waals surface area (Å²) in [6, 6.07) is 67.2. The number of benzene rings is 9. The third-order valence-electron chi connectivity index (χ3n) is 11.8. The van der Waals surface area contributed by atoms with Crippen molar-refractivity contribution >= 4 is 43.4 Å². The highest BCUT2D eigenvalue weighted by molar-refractivity contribution is 6.26. The normalized spacial score (nSPS) is 15.4. The van der Waals surface area contributed by atoms with Gasteiger partial charge < -0.3 is 0 Å². The minimum absolute atomic E-state index is 0.512. The Hall–Kier alpha value is -6.77. The maximum absolute atomic E-state index is 5.32. The summed E-state index contributed by atoms with van der Waals surface area (Å²) in [6.45, 7) is 0. The summed E-state index contributed by atoms with van der Waals surface area (Å²) in [6.07, 6.45) is 0. The Balaban J connectivity index is 1.19. The van der Waals surface area contributed by atoms with Crippen LogP contribution in [-0.4, -0.2) is 9.55 Å². The molecule has 1 spiro atoms. The molecule has 240 valence electrons. The van der Waals surface area contributed by atoms with Gasteiger partial charge in [-0.25, -0.2) is 4.98 Å². The van der Waals surface area contributed by atoms with Gasteiger partial charge in [0.05, 0.1) is 22.1 Å². The van der Waals surface area contributed by atoms with Gasteiger partial charge in [-0.05, 0) is 95.0 Å². The van der Waals surface area contributed by atoms with Gasteiger partial charge in [0.2, 0.25) is 0 Å². The molecule has 1 aliphatic carbocycles. The van der Waals surface area contributed by atoms with Crippen LogP contribution < -0.4 is 0 Å². The van der Waals surface area contributed by atoms with Crippen molar-refractivity contribution in [3.8, 4) is 39.3 Å². The molecule has 0 saturated heterocycles. The second-order valence-corrected chi connectivity index (χ2v) is 14.2. The maximum Gasteiger partial charge on any atom is 0.145 e. The molecule has 2 aliphatic rings. The predicted molar refractivity (Wildman–Crippen MR) is 215 cm³/mol. The maximum atomic E-state index is 5.32. The minimum Gasteiger partial charge on any atom is -0.292 e. The van der Waals surface area contributed by atoms with Crippen molar-refractivity contribution < 1.29 is 0 Å². The minimum atomic E-state index is -0.512. The molecular weight excluding hydrogens is 629 g/mol. The van der Waals surface area contributed by atoms with Gasteiger partial charge >= 0.3 is 0 Å². The first-order chi connectivity index (χ1) is 25.8. The Morgan fingerprint density at radius 1 is 0.385 bits per heavy atom. The molecule has 0 radical (unpaired) electrons. The lowest BCUT2D eigenvalue weighted by molar-refractivity contribution is 0.746. The molecule has 2 heteroatoms. The first-order valence-electron chi connectivity index (χ1n) is 18.1. The van der Waals surface area contributed by atoms with Gasteiger partial charge in [0.15, 0.2) is 0 Å². The lowest BCUT2D eigenvalue weighted by atomic mass is 9.65. The lowest BCUT2D eigenvalue weighted by Crippen LogP contribution is -2.33. The van der Waals surface area contributed by atoms with E-state index >= 15 is 0 Å². The van der Waals surface area contributed by atoms with Gasteiger partial charge in [-0.3, -0.25) is 4.57 Å². The molecule has 0 saturated carbocycles. The van der Waals surface area contributed by atoms with E-state index in [0.29, 0.717) is 0 Å². The summed E-state index contributed by atoms with van der Waals surface area (Å²) in [7, 11) is 0. The fourth-order valence-corrected chi connectivity index (χ4v) is 9.80. The average molecular weight is 659 g/mol. The first kappa shape index (κ1) is 28.0. The Morgan fingerprint density at radius 3 is 1.75 bits per heavy atom. The van der Waals surface area contributed by atoms with Crippen LogP contribution in [0.3, 0.4) is 0 Å². The Bertz CT molecular complexity index is 3100. The number of aromatic nitrogens is 2. The molecule has 1 aliphatic heterocycles. The quantitative estimate of drug-likeness (QED) is 0.169. The van der Waals surface area contributed by atoms with Crippen LogP contribution in [0.1, 0.15) is 22.3 Å². The van der Waals surface area contributed by atoms with E-state index < -0.39 is 5.41 Å². The zero-order chi connectivity index (χ0) is 34.0. The highest BCUT2D eigenvalue weighted by Crippen LogP contribution is 2.62. The van der Waals surface area contributed by atoms with Crippen molar-refractivity contribution in [1.82, 2.24) is 9.55 Å². The molecule has 1 unspecified atom stereocenters. The molecule has 1 atom stereocenters. The van der Waals surface area contributed by atoms with Crippen LogP contribution in [-0.2, 0) is 5.41 Å². The van der Waals surface area contributed by atoms with E-state index in [4.69, 9.17) is 4.98 Å². The summed E-state index contributed by atoms with van der Waals surface area (Å²) in [5.41, 5.74) is 14.3. The summed E-state index contributed by atoms with van der Waals surface area (Å²) < 4.78 is 2.41. The van der Waals surface area contributed by atoms with Crippen molar-refractivity contribution in [3.05, 3.63) is 204 Å². The van der Waals surface area contributed by atoms with Crippen molar-refractivity contribution in [3.63, 3.8) is 0 Å². The van der Waals surface area contributed by atoms with Crippen molar-refractivity contribution in [2.24, 2.45) is 0 Å². The Kier molecular flexibility index (Phi) is 5.46. The zero-order valence-electron chi connectivity index (χ0n) is 28.2. The number of imidazole rings is 1. The number of nitrogens with zero attached hydrogens (tertiary/aromatic N) is 2. The predicted octanol–water partition coefficient (Wildman–Crippen LogP) is 12.5. The van der Waals surface area contributed by atoms with E-state index in [1.54, 1.807) is 0 Å². The number of fused-ring (bicyclic) bond motifs is 15. The van der Waals surface area contributed by atoms with Gasteiger partial charge in [0, 0.05) is 5.56 Å². The molecule has 9 aromatic carbocycles. The van der Waals surface area contributed by atoms with Gasteiger partial charge in [0.1, 0.15) is 5.82 Å². The van der Waals surface area contributed by atoms with Gasteiger partial charge in [-0.15, -0.1) is 0 Å². The highest BCUT2D eigenvalue weighted by atomic mass is 15.1. The number of hydrogen-bond acceptors (Lipinski definition) is 1. The third-order valence-corrected chi connectivity index (χ3v) is 11.8. The third kappa shape index (κ3) is 3.42.